The molecule has 13 heavy (non-hydrogen) atoms. The molecule has 1 fully saturated rings. The molecule has 0 saturated heterocycles. The van der Waals surface area contributed by atoms with E-state index >= 15 is 0 Å². The zero-order valence-electron chi connectivity index (χ0n) is 8.62. The molecule has 0 aromatic rings. The number of aliphatic carboxylic acids is 1. The predicted molar refractivity (Wildman–Crippen MR) is 52.5 cm³/mol. The van der Waals surface area contributed by atoms with Crippen molar-refractivity contribution in [2.24, 2.45) is 17.8 Å². The lowest BCUT2D eigenvalue weighted by molar-refractivity contribution is -0.145. The van der Waals surface area contributed by atoms with Gasteiger partial charge in [-0.25, -0.2) is 0 Å². The predicted octanol–water partition coefficient (Wildman–Crippen LogP) is 2.92. The van der Waals surface area contributed by atoms with E-state index in [0.717, 1.165) is 38.0 Å². The zero-order valence-corrected chi connectivity index (χ0v) is 8.62. The molecule has 1 aliphatic carbocycles. The Balaban J connectivity index is 2.55. The highest BCUT2D eigenvalue weighted by atomic mass is 16.4. The summed E-state index contributed by atoms with van der Waals surface area (Å²) in [6.45, 7) is 4.37. The number of carbonyl (C=O) groups is 1. The van der Waals surface area contributed by atoms with E-state index in [2.05, 4.69) is 13.8 Å². The molecule has 0 spiro atoms. The quantitative estimate of drug-likeness (QED) is 0.732. The van der Waals surface area contributed by atoms with Gasteiger partial charge in [-0.15, -0.1) is 0 Å². The van der Waals surface area contributed by atoms with Crippen LogP contribution in [-0.2, 0) is 4.79 Å². The third kappa shape index (κ3) is 2.71. The van der Waals surface area contributed by atoms with E-state index in [4.69, 9.17) is 5.11 Å². The largest absolute Gasteiger partial charge is 0.481 e. The average Bonchev–Trinajstić information content (AvgIpc) is 2.04. The molecule has 1 saturated carbocycles. The molecule has 2 heteroatoms. The summed E-state index contributed by atoms with van der Waals surface area (Å²) in [7, 11) is 0. The van der Waals surface area contributed by atoms with Crippen LogP contribution in [0.2, 0.25) is 0 Å². The van der Waals surface area contributed by atoms with Gasteiger partial charge >= 0.3 is 5.97 Å². The number of hydrogen-bond acceptors (Lipinski definition) is 1. The minimum Gasteiger partial charge on any atom is -0.481 e. The Morgan fingerprint density at radius 3 is 2.69 bits per heavy atom. The highest BCUT2D eigenvalue weighted by molar-refractivity contribution is 5.70. The summed E-state index contributed by atoms with van der Waals surface area (Å²) in [5.41, 5.74) is 0. The van der Waals surface area contributed by atoms with Crippen LogP contribution in [0.5, 0.6) is 0 Å². The van der Waals surface area contributed by atoms with Gasteiger partial charge in [0.1, 0.15) is 0 Å². The molecule has 1 N–H and O–H groups in total. The third-order valence-corrected chi connectivity index (χ3v) is 3.22. The lowest BCUT2D eigenvalue weighted by Crippen LogP contribution is -2.29. The first-order valence-corrected chi connectivity index (χ1v) is 5.38. The summed E-state index contributed by atoms with van der Waals surface area (Å²) in [6, 6.07) is 0. The fourth-order valence-electron chi connectivity index (χ4n) is 2.51. The van der Waals surface area contributed by atoms with Gasteiger partial charge in [0, 0.05) is 0 Å². The SMILES string of the molecule is CCCC1CC(C)CCC1C(=O)O. The van der Waals surface area contributed by atoms with Gasteiger partial charge < -0.3 is 5.11 Å². The molecular weight excluding hydrogens is 164 g/mol. The molecule has 0 aliphatic heterocycles. The van der Waals surface area contributed by atoms with Crippen LogP contribution in [0.3, 0.4) is 0 Å². The Morgan fingerprint density at radius 2 is 2.15 bits per heavy atom. The van der Waals surface area contributed by atoms with Gasteiger partial charge in [0.15, 0.2) is 0 Å². The van der Waals surface area contributed by atoms with Crippen molar-refractivity contribution in [1.82, 2.24) is 0 Å². The Bertz CT molecular complexity index is 177. The Morgan fingerprint density at radius 1 is 1.46 bits per heavy atom. The Kier molecular flexibility index (Phi) is 3.76. The first-order valence-electron chi connectivity index (χ1n) is 5.38. The van der Waals surface area contributed by atoms with Crippen molar-refractivity contribution >= 4 is 5.97 Å². The second-order valence-electron chi connectivity index (χ2n) is 4.41. The Hall–Kier alpha value is -0.530. The fraction of sp³-hybridized carbons (Fsp3) is 0.909. The number of carboxylic acid groups (broad SMARTS) is 1. The molecule has 3 atom stereocenters. The highest BCUT2D eigenvalue weighted by Crippen LogP contribution is 2.36. The lowest BCUT2D eigenvalue weighted by Gasteiger charge is -2.32. The minimum atomic E-state index is -0.578. The van der Waals surface area contributed by atoms with Gasteiger partial charge in [-0.3, -0.25) is 4.79 Å². The zero-order chi connectivity index (χ0) is 9.84. The van der Waals surface area contributed by atoms with Crippen LogP contribution in [0.25, 0.3) is 0 Å². The molecule has 0 heterocycles. The van der Waals surface area contributed by atoms with E-state index in [1.54, 1.807) is 0 Å². The van der Waals surface area contributed by atoms with Crippen LogP contribution in [-0.4, -0.2) is 11.1 Å². The minimum absolute atomic E-state index is 0.0591. The van der Waals surface area contributed by atoms with Crippen LogP contribution in [0.4, 0.5) is 0 Å². The van der Waals surface area contributed by atoms with E-state index in [1.165, 1.54) is 0 Å². The van der Waals surface area contributed by atoms with Crippen LogP contribution >= 0.6 is 0 Å². The van der Waals surface area contributed by atoms with E-state index in [9.17, 15) is 4.79 Å². The van der Waals surface area contributed by atoms with Crippen LogP contribution in [0.1, 0.15) is 46.0 Å². The van der Waals surface area contributed by atoms with Crippen LogP contribution in [0, 0.1) is 17.8 Å². The van der Waals surface area contributed by atoms with Crippen molar-refractivity contribution in [2.45, 2.75) is 46.0 Å². The number of rotatable bonds is 3. The average molecular weight is 184 g/mol. The van der Waals surface area contributed by atoms with Gasteiger partial charge in [-0.05, 0) is 37.5 Å². The Labute approximate surface area is 80.3 Å². The maximum absolute atomic E-state index is 10.9. The lowest BCUT2D eigenvalue weighted by atomic mass is 9.73. The molecule has 1 rings (SSSR count). The molecule has 1 aliphatic rings. The van der Waals surface area contributed by atoms with E-state index in [-0.39, 0.29) is 5.92 Å². The summed E-state index contributed by atoms with van der Waals surface area (Å²) in [4.78, 5) is 10.9. The van der Waals surface area contributed by atoms with Crippen molar-refractivity contribution in [1.29, 1.82) is 0 Å². The van der Waals surface area contributed by atoms with Crippen molar-refractivity contribution in [2.75, 3.05) is 0 Å². The van der Waals surface area contributed by atoms with Crippen LogP contribution < -0.4 is 0 Å². The van der Waals surface area contributed by atoms with E-state index in [0.29, 0.717) is 5.92 Å². The second kappa shape index (κ2) is 4.64. The van der Waals surface area contributed by atoms with Crippen LogP contribution in [0.15, 0.2) is 0 Å². The summed E-state index contributed by atoms with van der Waals surface area (Å²) < 4.78 is 0. The van der Waals surface area contributed by atoms with Crippen molar-refractivity contribution in [3.63, 3.8) is 0 Å². The van der Waals surface area contributed by atoms with E-state index < -0.39 is 5.97 Å². The second-order valence-corrected chi connectivity index (χ2v) is 4.41. The smallest absolute Gasteiger partial charge is 0.306 e. The standard InChI is InChI=1S/C11H20O2/c1-3-4-9-7-8(2)5-6-10(9)11(12)13/h8-10H,3-7H2,1-2H3,(H,12,13). The van der Waals surface area contributed by atoms with Gasteiger partial charge in [0.25, 0.3) is 0 Å². The molecular formula is C11H20O2. The molecule has 0 amide bonds. The normalized spacial score (nSPS) is 34.5. The topological polar surface area (TPSA) is 37.3 Å². The fourth-order valence-corrected chi connectivity index (χ4v) is 2.51. The summed E-state index contributed by atoms with van der Waals surface area (Å²) in [6.07, 6.45) is 5.30. The maximum atomic E-state index is 10.9. The monoisotopic (exact) mass is 184 g/mol. The molecule has 0 aromatic carbocycles. The van der Waals surface area contributed by atoms with Gasteiger partial charge in [-0.1, -0.05) is 20.3 Å². The van der Waals surface area contributed by atoms with Gasteiger partial charge in [0.2, 0.25) is 0 Å². The first kappa shape index (κ1) is 10.6. The molecule has 0 aromatic heterocycles. The maximum Gasteiger partial charge on any atom is 0.306 e. The first-order chi connectivity index (χ1) is 6.15. The van der Waals surface area contributed by atoms with Crippen molar-refractivity contribution in [3.05, 3.63) is 0 Å². The third-order valence-electron chi connectivity index (χ3n) is 3.22. The number of carboxylic acids is 1. The van der Waals surface area contributed by atoms with Gasteiger partial charge in [0.05, 0.1) is 5.92 Å². The summed E-state index contributed by atoms with van der Waals surface area (Å²) >= 11 is 0. The molecule has 0 bridgehead atoms. The van der Waals surface area contributed by atoms with Crippen molar-refractivity contribution in [3.8, 4) is 0 Å². The summed E-state index contributed by atoms with van der Waals surface area (Å²) in [5, 5.41) is 9.02. The van der Waals surface area contributed by atoms with Crippen molar-refractivity contribution < 1.29 is 9.90 Å². The molecule has 3 unspecified atom stereocenters. The highest BCUT2D eigenvalue weighted by Gasteiger charge is 2.32. The molecule has 76 valence electrons. The molecule has 2 nitrogen and oxygen atoms in total. The van der Waals surface area contributed by atoms with Gasteiger partial charge in [-0.2, -0.15) is 0 Å². The van der Waals surface area contributed by atoms with E-state index in [1.807, 2.05) is 0 Å². The number of hydrogen-bond donors (Lipinski definition) is 1. The summed E-state index contributed by atoms with van der Waals surface area (Å²) in [5.74, 6) is 0.528. The molecule has 0 radical (unpaired) electrons.